The second-order valence-electron chi connectivity index (χ2n) is 8.39. The number of esters is 2. The van der Waals surface area contributed by atoms with Gasteiger partial charge >= 0.3 is 17.9 Å². The molecule has 6 heteroatoms. The first-order chi connectivity index (χ1) is 13.7. The molecule has 1 N–H and O–H groups in total. The fourth-order valence-electron chi connectivity index (χ4n) is 5.54. The Morgan fingerprint density at radius 1 is 1.10 bits per heavy atom. The zero-order valence-electron chi connectivity index (χ0n) is 17.6. The van der Waals surface area contributed by atoms with E-state index >= 15 is 0 Å². The lowest BCUT2D eigenvalue weighted by molar-refractivity contribution is -0.206. The van der Waals surface area contributed by atoms with Gasteiger partial charge in [0, 0.05) is 11.6 Å². The van der Waals surface area contributed by atoms with E-state index in [-0.39, 0.29) is 22.7 Å². The van der Waals surface area contributed by atoms with E-state index in [2.05, 4.69) is 24.8 Å². The first-order valence-electron chi connectivity index (χ1n) is 10.2. The lowest BCUT2D eigenvalue weighted by Crippen LogP contribution is -2.59. The summed E-state index contributed by atoms with van der Waals surface area (Å²) < 4.78 is 10.2. The minimum absolute atomic E-state index is 0.0254. The van der Waals surface area contributed by atoms with Crippen LogP contribution in [0.4, 0.5) is 0 Å². The fraction of sp³-hybridized carbons (Fsp3) is 0.609. The molecule has 0 aromatic rings. The van der Waals surface area contributed by atoms with Crippen LogP contribution in [0, 0.1) is 23.7 Å². The first-order valence-corrected chi connectivity index (χ1v) is 10.2. The topological polar surface area (TPSA) is 89.9 Å². The maximum Gasteiger partial charge on any atom is 0.337 e. The molecule has 160 valence electrons. The van der Waals surface area contributed by atoms with Gasteiger partial charge in [0.05, 0.1) is 12.7 Å². The van der Waals surface area contributed by atoms with Gasteiger partial charge in [0.2, 0.25) is 0 Å². The molecule has 0 heterocycles. The Morgan fingerprint density at radius 3 is 2.00 bits per heavy atom. The average molecular weight is 405 g/mol. The first kappa shape index (κ1) is 22.9. The minimum Gasteiger partial charge on any atom is -0.478 e. The Kier molecular flexibility index (Phi) is 7.44. The van der Waals surface area contributed by atoms with E-state index in [9.17, 15) is 14.4 Å². The molecule has 4 bridgehead atoms. The van der Waals surface area contributed by atoms with Gasteiger partial charge in [-0.25, -0.2) is 14.4 Å². The molecule has 0 saturated heterocycles. The highest BCUT2D eigenvalue weighted by atomic mass is 16.6. The van der Waals surface area contributed by atoms with Crippen LogP contribution in [0.2, 0.25) is 0 Å². The lowest BCUT2D eigenvalue weighted by atomic mass is 9.49. The molecule has 0 atom stereocenters. The zero-order valence-corrected chi connectivity index (χ0v) is 17.6. The molecular weight excluding hydrogens is 372 g/mol. The summed E-state index contributed by atoms with van der Waals surface area (Å²) in [5.41, 5.74) is -0.0820. The van der Waals surface area contributed by atoms with Crippen molar-refractivity contribution in [1.82, 2.24) is 0 Å². The Hall–Kier alpha value is -2.37. The van der Waals surface area contributed by atoms with Crippen LogP contribution in [0.1, 0.15) is 52.4 Å². The highest BCUT2D eigenvalue weighted by Crippen LogP contribution is 2.60. The van der Waals surface area contributed by atoms with Crippen molar-refractivity contribution in [2.24, 2.45) is 23.7 Å². The van der Waals surface area contributed by atoms with Crippen molar-refractivity contribution < 1.29 is 29.0 Å². The normalized spacial score (nSPS) is 31.9. The molecular formula is C23H32O6. The van der Waals surface area contributed by atoms with Crippen LogP contribution in [0.3, 0.4) is 0 Å². The minimum atomic E-state index is -1.08. The van der Waals surface area contributed by atoms with E-state index in [0.29, 0.717) is 11.8 Å². The molecule has 0 aromatic heterocycles. The molecule has 0 amide bonds. The highest BCUT2D eigenvalue weighted by Gasteiger charge is 2.58. The Bertz CT molecular complexity index is 689. The van der Waals surface area contributed by atoms with Crippen LogP contribution in [-0.2, 0) is 23.9 Å². The maximum atomic E-state index is 11.6. The third-order valence-electron chi connectivity index (χ3n) is 6.71. The fourth-order valence-corrected chi connectivity index (χ4v) is 5.54. The molecule has 29 heavy (non-hydrogen) atoms. The molecule has 0 aromatic carbocycles. The summed E-state index contributed by atoms with van der Waals surface area (Å²) in [5.74, 6) is 1.13. The lowest BCUT2D eigenvalue weighted by Gasteiger charge is -2.60. The van der Waals surface area contributed by atoms with Gasteiger partial charge in [0.25, 0.3) is 0 Å². The van der Waals surface area contributed by atoms with E-state index in [4.69, 9.17) is 9.84 Å². The molecule has 4 aliphatic rings. The molecule has 4 rings (SSSR count). The number of carbonyl (C=O) groups excluding carboxylic acids is 2. The quantitative estimate of drug-likeness (QED) is 0.408. The number of hydrogen-bond donors (Lipinski definition) is 1. The van der Waals surface area contributed by atoms with Crippen molar-refractivity contribution in [2.75, 3.05) is 7.11 Å². The van der Waals surface area contributed by atoms with Crippen LogP contribution in [0.5, 0.6) is 0 Å². The number of rotatable bonds is 6. The smallest absolute Gasteiger partial charge is 0.337 e. The summed E-state index contributed by atoms with van der Waals surface area (Å²) in [6.45, 7) is 10.4. The summed E-state index contributed by atoms with van der Waals surface area (Å²) in [6, 6.07) is 0. The number of carboxylic acids is 1. The maximum absolute atomic E-state index is 11.6. The zero-order chi connectivity index (χ0) is 21.8. The van der Waals surface area contributed by atoms with E-state index in [0.717, 1.165) is 24.3 Å². The molecule has 4 aliphatic carbocycles. The van der Waals surface area contributed by atoms with Crippen molar-refractivity contribution in [1.29, 1.82) is 0 Å². The van der Waals surface area contributed by atoms with Crippen molar-refractivity contribution in [3.05, 3.63) is 36.5 Å². The molecule has 0 aliphatic heterocycles. The molecule has 6 nitrogen and oxygen atoms in total. The van der Waals surface area contributed by atoms with Gasteiger partial charge in [-0.05, 0) is 75.2 Å². The summed E-state index contributed by atoms with van der Waals surface area (Å²) in [7, 11) is 1.21. The summed E-state index contributed by atoms with van der Waals surface area (Å²) in [6.07, 6.45) is 10.0. The van der Waals surface area contributed by atoms with Gasteiger partial charge in [0.15, 0.2) is 0 Å². The number of methoxy groups -OCH3 is 1. The molecule has 0 radical (unpaired) electrons. The second kappa shape index (κ2) is 9.42. The van der Waals surface area contributed by atoms with E-state index in [1.807, 2.05) is 0 Å². The third kappa shape index (κ3) is 4.98. The van der Waals surface area contributed by atoms with E-state index < -0.39 is 11.9 Å². The predicted octanol–water partition coefficient (Wildman–Crippen LogP) is 4.07. The van der Waals surface area contributed by atoms with Crippen LogP contribution < -0.4 is 0 Å². The largest absolute Gasteiger partial charge is 0.478 e. The van der Waals surface area contributed by atoms with Gasteiger partial charge in [-0.2, -0.15) is 0 Å². The second-order valence-corrected chi connectivity index (χ2v) is 8.39. The van der Waals surface area contributed by atoms with Crippen LogP contribution in [-0.4, -0.2) is 35.7 Å². The summed E-state index contributed by atoms with van der Waals surface area (Å²) in [4.78, 5) is 32.6. The molecule has 0 spiro atoms. The highest BCUT2D eigenvalue weighted by molar-refractivity contribution is 5.94. The third-order valence-corrected chi connectivity index (χ3v) is 6.71. The number of aliphatic carboxylic acids is 1. The standard InChI is InChI=1S/C15H22O2.C8H10O4/c1-3-14(16)17-15(4-2)12-6-10-5-11(8-12)9-13(15)7-10;1-5(7(9)10)4-6(2)8(11)12-3/h3,10-13H,1,4-9H2,2H3;4H,2H2,1,3H3,(H,9,10). The summed E-state index contributed by atoms with van der Waals surface area (Å²) in [5, 5.41) is 8.42. The van der Waals surface area contributed by atoms with Crippen molar-refractivity contribution in [3.63, 3.8) is 0 Å². The van der Waals surface area contributed by atoms with E-state index in [1.165, 1.54) is 52.2 Å². The number of carboxylic acid groups (broad SMARTS) is 1. The van der Waals surface area contributed by atoms with Crippen molar-refractivity contribution in [2.45, 2.75) is 58.0 Å². The van der Waals surface area contributed by atoms with Gasteiger partial charge in [-0.3, -0.25) is 0 Å². The van der Waals surface area contributed by atoms with Gasteiger partial charge < -0.3 is 14.6 Å². The van der Waals surface area contributed by atoms with Gasteiger partial charge in [-0.1, -0.05) is 20.1 Å². The summed E-state index contributed by atoms with van der Waals surface area (Å²) >= 11 is 0. The Morgan fingerprint density at radius 2 is 1.62 bits per heavy atom. The van der Waals surface area contributed by atoms with Crippen molar-refractivity contribution in [3.8, 4) is 0 Å². The van der Waals surface area contributed by atoms with Gasteiger partial charge in [0.1, 0.15) is 5.60 Å². The van der Waals surface area contributed by atoms with Crippen LogP contribution in [0.25, 0.3) is 0 Å². The monoisotopic (exact) mass is 404 g/mol. The molecule has 4 saturated carbocycles. The van der Waals surface area contributed by atoms with Crippen molar-refractivity contribution >= 4 is 17.9 Å². The number of hydrogen-bond acceptors (Lipinski definition) is 5. The average Bonchev–Trinajstić information content (AvgIpc) is 2.69. The SMILES string of the molecule is C=C(C=C(C)C(=O)O)C(=O)OC.C=CC(=O)OC1(CC)C2CC3CC(C2)CC1C3. The van der Waals surface area contributed by atoms with Crippen LogP contribution >= 0.6 is 0 Å². The number of carbonyl (C=O) groups is 3. The van der Waals surface area contributed by atoms with Gasteiger partial charge in [-0.15, -0.1) is 0 Å². The number of ether oxygens (including phenoxy) is 2. The Balaban J connectivity index is 0.000000223. The molecule has 0 unspecified atom stereocenters. The molecule has 4 fully saturated rings. The predicted molar refractivity (Wildman–Crippen MR) is 109 cm³/mol. The van der Waals surface area contributed by atoms with Crippen LogP contribution in [0.15, 0.2) is 36.5 Å². The van der Waals surface area contributed by atoms with E-state index in [1.54, 1.807) is 0 Å². The Labute approximate surface area is 172 Å².